The van der Waals surface area contributed by atoms with E-state index in [2.05, 4.69) is 31.5 Å². The van der Waals surface area contributed by atoms with Crippen LogP contribution in [0.3, 0.4) is 0 Å². The van der Waals surface area contributed by atoms with Gasteiger partial charge in [0.2, 0.25) is 11.8 Å². The highest BCUT2D eigenvalue weighted by Crippen LogP contribution is 2.32. The fraction of sp³-hybridized carbons (Fsp3) is 0.0357. The number of hydrogen-bond acceptors (Lipinski definition) is 6. The number of nitrogens with one attached hydrogen (secondary N) is 2. The lowest BCUT2D eigenvalue weighted by atomic mass is 10.2. The van der Waals surface area contributed by atoms with Crippen LogP contribution in [0.1, 0.15) is 5.76 Å². The highest BCUT2D eigenvalue weighted by Gasteiger charge is 2.12. The zero-order valence-corrected chi connectivity index (χ0v) is 24.0. The smallest absolute Gasteiger partial charge is 0.250 e. The van der Waals surface area contributed by atoms with Gasteiger partial charge in [-0.15, -0.1) is 0 Å². The first-order valence-corrected chi connectivity index (χ1v) is 13.3. The molecule has 0 aliphatic rings. The van der Waals surface area contributed by atoms with Crippen LogP contribution in [0.5, 0.6) is 5.75 Å². The molecule has 196 valence electrons. The molecule has 2 heterocycles. The summed E-state index contributed by atoms with van der Waals surface area (Å²) in [6.45, 7) is 0. The van der Waals surface area contributed by atoms with E-state index in [0.29, 0.717) is 50.0 Å². The fourth-order valence-electron chi connectivity index (χ4n) is 3.70. The number of aromatic nitrogens is 1. The largest absolute Gasteiger partial charge is 0.496 e. The van der Waals surface area contributed by atoms with E-state index in [0.717, 1.165) is 15.6 Å². The van der Waals surface area contributed by atoms with Crippen molar-refractivity contribution in [3.63, 3.8) is 0 Å². The second-order valence-corrected chi connectivity index (χ2v) is 10.3. The van der Waals surface area contributed by atoms with Gasteiger partial charge in [0, 0.05) is 32.9 Å². The molecule has 39 heavy (non-hydrogen) atoms. The maximum Gasteiger partial charge on any atom is 0.250 e. The summed E-state index contributed by atoms with van der Waals surface area (Å²) in [4.78, 5) is 17.0. The van der Waals surface area contributed by atoms with Crippen molar-refractivity contribution in [2.45, 2.75) is 0 Å². The summed E-state index contributed by atoms with van der Waals surface area (Å²) in [5.74, 6) is 1.80. The van der Waals surface area contributed by atoms with Crippen molar-refractivity contribution in [3.8, 4) is 28.5 Å². The molecule has 0 bridgehead atoms. The molecule has 3 aromatic carbocycles. The topological polar surface area (TPSA) is 89.5 Å². The molecule has 0 aliphatic heterocycles. The average Bonchev–Trinajstić information content (AvgIpc) is 3.54. The number of furan rings is 1. The molecule has 0 saturated heterocycles. The molecule has 11 heteroatoms. The van der Waals surface area contributed by atoms with Crippen molar-refractivity contribution < 1.29 is 18.4 Å². The van der Waals surface area contributed by atoms with Crippen molar-refractivity contribution in [3.05, 3.63) is 93.1 Å². The van der Waals surface area contributed by atoms with Crippen LogP contribution < -0.4 is 15.4 Å². The summed E-state index contributed by atoms with van der Waals surface area (Å²) in [5.41, 5.74) is 3.41. The normalized spacial score (nSPS) is 11.2. The number of nitrogens with zero attached hydrogens (tertiary/aromatic N) is 1. The zero-order chi connectivity index (χ0) is 27.5. The van der Waals surface area contributed by atoms with Gasteiger partial charge in [-0.2, -0.15) is 0 Å². The third-order valence-electron chi connectivity index (χ3n) is 5.45. The van der Waals surface area contributed by atoms with Crippen LogP contribution in [0, 0.1) is 0 Å². The Labute approximate surface area is 246 Å². The minimum Gasteiger partial charge on any atom is -0.496 e. The lowest BCUT2D eigenvalue weighted by molar-refractivity contribution is -0.115. The Kier molecular flexibility index (Phi) is 8.04. The zero-order valence-electron chi connectivity index (χ0n) is 20.1. The van der Waals surface area contributed by atoms with Crippen molar-refractivity contribution >= 4 is 85.2 Å². The van der Waals surface area contributed by atoms with Gasteiger partial charge in [-0.25, -0.2) is 4.98 Å². The molecule has 0 saturated carbocycles. The van der Waals surface area contributed by atoms with Gasteiger partial charge in [0.1, 0.15) is 22.8 Å². The van der Waals surface area contributed by atoms with E-state index >= 15 is 0 Å². The van der Waals surface area contributed by atoms with Crippen molar-refractivity contribution in [1.29, 1.82) is 0 Å². The number of anilines is 1. The number of amides is 1. The number of benzene rings is 3. The van der Waals surface area contributed by atoms with Crippen LogP contribution in [0.25, 0.3) is 40.0 Å². The molecule has 0 fully saturated rings. The molecular weight excluding hydrogens is 625 g/mol. The van der Waals surface area contributed by atoms with Crippen LogP contribution in [0.4, 0.5) is 5.69 Å². The number of ether oxygens (including phenoxy) is 1. The van der Waals surface area contributed by atoms with E-state index < -0.39 is 5.91 Å². The number of carbonyl (C=O) groups is 1. The number of hydrogen-bond donors (Lipinski definition) is 2. The number of thiocarbonyl (C=S) groups is 1. The van der Waals surface area contributed by atoms with E-state index in [1.165, 1.54) is 12.2 Å². The molecule has 1 amide bonds. The van der Waals surface area contributed by atoms with Gasteiger partial charge in [0.15, 0.2) is 10.7 Å². The van der Waals surface area contributed by atoms with Gasteiger partial charge in [0.25, 0.3) is 0 Å². The predicted molar refractivity (Wildman–Crippen MR) is 161 cm³/mol. The summed E-state index contributed by atoms with van der Waals surface area (Å²) in [7, 11) is 1.60. The Bertz CT molecular complexity index is 1730. The lowest BCUT2D eigenvalue weighted by Crippen LogP contribution is -2.32. The molecule has 5 rings (SSSR count). The van der Waals surface area contributed by atoms with Crippen LogP contribution >= 0.6 is 51.3 Å². The van der Waals surface area contributed by atoms with E-state index in [1.807, 2.05) is 18.2 Å². The molecular formula is C28H18BrCl2N3O4S. The number of methoxy groups -OCH3 is 1. The minimum absolute atomic E-state index is 0.125. The molecule has 0 radical (unpaired) electrons. The number of carbonyl (C=O) groups excluding carboxylic acids is 1. The molecule has 0 unspecified atom stereocenters. The van der Waals surface area contributed by atoms with E-state index in [4.69, 9.17) is 49.0 Å². The molecule has 5 aromatic rings. The van der Waals surface area contributed by atoms with Crippen LogP contribution in [-0.4, -0.2) is 23.1 Å². The van der Waals surface area contributed by atoms with Crippen molar-refractivity contribution in [2.24, 2.45) is 0 Å². The Morgan fingerprint density at radius 2 is 1.79 bits per heavy atom. The second-order valence-electron chi connectivity index (χ2n) is 8.19. The Morgan fingerprint density at radius 3 is 2.54 bits per heavy atom. The highest BCUT2D eigenvalue weighted by atomic mass is 79.9. The maximum atomic E-state index is 12.4. The first-order chi connectivity index (χ1) is 18.8. The Hall–Kier alpha value is -3.63. The third-order valence-corrected chi connectivity index (χ3v) is 6.71. The molecule has 2 N–H and O–H groups in total. The van der Waals surface area contributed by atoms with Crippen molar-refractivity contribution in [1.82, 2.24) is 10.3 Å². The predicted octanol–water partition coefficient (Wildman–Crippen LogP) is 8.36. The van der Waals surface area contributed by atoms with Gasteiger partial charge < -0.3 is 18.9 Å². The first-order valence-electron chi connectivity index (χ1n) is 11.4. The maximum absolute atomic E-state index is 12.4. The van der Waals surface area contributed by atoms with Gasteiger partial charge in [-0.1, -0.05) is 23.2 Å². The van der Waals surface area contributed by atoms with Crippen LogP contribution in [0.2, 0.25) is 10.0 Å². The quantitative estimate of drug-likeness (QED) is 0.142. The van der Waals surface area contributed by atoms with Crippen molar-refractivity contribution in [2.75, 3.05) is 12.4 Å². The summed E-state index contributed by atoms with van der Waals surface area (Å²) >= 11 is 20.9. The molecule has 2 aromatic heterocycles. The molecule has 0 atom stereocenters. The SMILES string of the molecule is COc1ccc(-c2nc3cc(NC(=S)NC(=O)/C=C/c4ccc(-c5cc(Cl)cc(Cl)c5)o4)ccc3o2)cc1Br. The average molecular weight is 643 g/mol. The fourth-order valence-corrected chi connectivity index (χ4v) is 4.98. The van der Waals surface area contributed by atoms with Crippen LogP contribution in [-0.2, 0) is 4.79 Å². The molecule has 7 nitrogen and oxygen atoms in total. The summed E-state index contributed by atoms with van der Waals surface area (Å²) in [6.07, 6.45) is 2.86. The second kappa shape index (κ2) is 11.6. The Balaban J connectivity index is 1.21. The monoisotopic (exact) mass is 641 g/mol. The highest BCUT2D eigenvalue weighted by molar-refractivity contribution is 9.10. The summed E-state index contributed by atoms with van der Waals surface area (Å²) in [5, 5.41) is 6.71. The molecule has 0 aliphatic carbocycles. The molecule has 0 spiro atoms. The summed E-state index contributed by atoms with van der Waals surface area (Å²) in [6, 6.07) is 19.5. The minimum atomic E-state index is -0.425. The van der Waals surface area contributed by atoms with Gasteiger partial charge in [-0.05, 0) is 101 Å². The third kappa shape index (κ3) is 6.51. The number of oxazole rings is 1. The van der Waals surface area contributed by atoms with E-state index in [1.54, 1.807) is 55.6 Å². The standard InChI is InChI=1S/C28H18BrCl2N3O4S/c1-36-24-6-2-15(12-21(24)29)27-33-22-14-19(3-7-25(22)38-27)32-28(39)34-26(35)9-5-20-4-8-23(37-20)16-10-17(30)13-18(31)11-16/h2-14H,1H3,(H2,32,34,35,39)/b9-5+. The Morgan fingerprint density at radius 1 is 1.00 bits per heavy atom. The lowest BCUT2D eigenvalue weighted by Gasteiger charge is -2.07. The van der Waals surface area contributed by atoms with Gasteiger partial charge in [0.05, 0.1) is 11.6 Å². The van der Waals surface area contributed by atoms with E-state index in [9.17, 15) is 4.79 Å². The number of rotatable bonds is 6. The first kappa shape index (κ1) is 27.0. The van der Waals surface area contributed by atoms with Crippen LogP contribution in [0.15, 0.2) is 86.1 Å². The number of fused-ring (bicyclic) bond motifs is 1. The van der Waals surface area contributed by atoms with Gasteiger partial charge >= 0.3 is 0 Å². The van der Waals surface area contributed by atoms with Gasteiger partial charge in [-0.3, -0.25) is 10.1 Å². The number of halogens is 3. The summed E-state index contributed by atoms with van der Waals surface area (Å²) < 4.78 is 17.7. The van der Waals surface area contributed by atoms with E-state index in [-0.39, 0.29) is 5.11 Å².